The molecule has 1 aromatic rings. The predicted molar refractivity (Wildman–Crippen MR) is 72.0 cm³/mol. The zero-order chi connectivity index (χ0) is 14.3. The van der Waals surface area contributed by atoms with Gasteiger partial charge in [0.1, 0.15) is 17.6 Å². The molecule has 0 bridgehead atoms. The summed E-state index contributed by atoms with van der Waals surface area (Å²) in [6.45, 7) is 1.39. The molecule has 1 aromatic heterocycles. The van der Waals surface area contributed by atoms with E-state index in [1.807, 2.05) is 0 Å². The highest BCUT2D eigenvalue weighted by atomic mass is 16.6. The molecule has 1 saturated carbocycles. The number of nitrogens with two attached hydrogens (primary N) is 1. The highest BCUT2D eigenvalue weighted by Crippen LogP contribution is 2.38. The first kappa shape index (κ1) is 12.8. The molecule has 3 rings (SSSR count). The van der Waals surface area contributed by atoms with Crippen molar-refractivity contribution in [1.82, 2.24) is 9.88 Å². The van der Waals surface area contributed by atoms with E-state index in [-0.39, 0.29) is 23.0 Å². The lowest BCUT2D eigenvalue weighted by Crippen LogP contribution is -2.30. The van der Waals surface area contributed by atoms with Gasteiger partial charge in [-0.15, -0.1) is 0 Å². The number of carbonyl (C=O) groups excluding carboxylic acids is 1. The van der Waals surface area contributed by atoms with Crippen molar-refractivity contribution < 1.29 is 9.72 Å². The Hall–Kier alpha value is -2.18. The normalized spacial score (nSPS) is 24.7. The summed E-state index contributed by atoms with van der Waals surface area (Å²) in [4.78, 5) is 28.3. The third-order valence-corrected chi connectivity index (χ3v) is 4.34. The summed E-state index contributed by atoms with van der Waals surface area (Å²) in [5.74, 6) is 0.924. The van der Waals surface area contributed by atoms with E-state index in [2.05, 4.69) is 4.98 Å². The van der Waals surface area contributed by atoms with Gasteiger partial charge in [0.2, 0.25) is 0 Å². The molecule has 1 saturated heterocycles. The first-order chi connectivity index (χ1) is 9.56. The number of likely N-dealkylation sites (tertiary alicyclic amines) is 1. The fourth-order valence-corrected chi connectivity index (χ4v) is 3.35. The molecule has 2 aliphatic rings. The maximum absolute atomic E-state index is 12.5. The molecule has 1 aliphatic carbocycles. The molecule has 106 valence electrons. The summed E-state index contributed by atoms with van der Waals surface area (Å²) >= 11 is 0. The third kappa shape index (κ3) is 2.09. The van der Waals surface area contributed by atoms with Gasteiger partial charge in [-0.3, -0.25) is 14.9 Å². The van der Waals surface area contributed by atoms with Gasteiger partial charge in [-0.05, 0) is 30.7 Å². The van der Waals surface area contributed by atoms with Crippen LogP contribution in [0.4, 0.5) is 11.5 Å². The SMILES string of the molecule is Nc1cc(C(=O)N2CC3CCCC3C2)c([N+](=O)[O-])cn1. The van der Waals surface area contributed by atoms with Crippen molar-refractivity contribution in [2.45, 2.75) is 19.3 Å². The van der Waals surface area contributed by atoms with Gasteiger partial charge in [0.15, 0.2) is 0 Å². The predicted octanol–water partition coefficient (Wildman–Crippen LogP) is 1.44. The summed E-state index contributed by atoms with van der Waals surface area (Å²) in [6.07, 6.45) is 4.57. The lowest BCUT2D eigenvalue weighted by atomic mass is 10.0. The number of hydrogen-bond acceptors (Lipinski definition) is 5. The standard InChI is InChI=1S/C13H16N4O3/c14-12-4-10(11(5-15-12)17(19)20)13(18)16-6-8-2-1-3-9(8)7-16/h4-5,8-9H,1-3,6-7H2,(H2,14,15). The molecule has 2 unspecified atom stereocenters. The van der Waals surface area contributed by atoms with E-state index in [1.54, 1.807) is 4.90 Å². The molecule has 1 amide bonds. The van der Waals surface area contributed by atoms with Crippen LogP contribution in [0.1, 0.15) is 29.6 Å². The van der Waals surface area contributed by atoms with Crippen molar-refractivity contribution in [3.05, 3.63) is 27.9 Å². The van der Waals surface area contributed by atoms with Crippen LogP contribution in [0.2, 0.25) is 0 Å². The van der Waals surface area contributed by atoms with Crippen molar-refractivity contribution in [2.24, 2.45) is 11.8 Å². The maximum atomic E-state index is 12.5. The second-order valence-corrected chi connectivity index (χ2v) is 5.54. The number of nitro groups is 1. The molecular weight excluding hydrogens is 260 g/mol. The molecule has 0 spiro atoms. The van der Waals surface area contributed by atoms with E-state index in [4.69, 9.17) is 5.73 Å². The van der Waals surface area contributed by atoms with Crippen molar-refractivity contribution in [1.29, 1.82) is 0 Å². The Kier molecular flexibility index (Phi) is 3.04. The second kappa shape index (κ2) is 4.73. The first-order valence-corrected chi connectivity index (χ1v) is 6.75. The number of fused-ring (bicyclic) bond motifs is 1. The van der Waals surface area contributed by atoms with Crippen LogP contribution < -0.4 is 5.73 Å². The molecule has 2 fully saturated rings. The molecule has 2 N–H and O–H groups in total. The van der Waals surface area contributed by atoms with Crippen LogP contribution in [-0.4, -0.2) is 33.8 Å². The fraction of sp³-hybridized carbons (Fsp3) is 0.538. The maximum Gasteiger partial charge on any atom is 0.300 e. The summed E-state index contributed by atoms with van der Waals surface area (Å²) in [5, 5.41) is 11.0. The van der Waals surface area contributed by atoms with Gasteiger partial charge < -0.3 is 10.6 Å². The number of carbonyl (C=O) groups is 1. The highest BCUT2D eigenvalue weighted by Gasteiger charge is 2.39. The number of rotatable bonds is 2. The van der Waals surface area contributed by atoms with E-state index in [9.17, 15) is 14.9 Å². The number of aromatic nitrogens is 1. The zero-order valence-electron chi connectivity index (χ0n) is 11.0. The summed E-state index contributed by atoms with van der Waals surface area (Å²) in [6, 6.07) is 1.30. The van der Waals surface area contributed by atoms with Crippen LogP contribution in [0.3, 0.4) is 0 Å². The topological polar surface area (TPSA) is 102 Å². The van der Waals surface area contributed by atoms with E-state index >= 15 is 0 Å². The Morgan fingerprint density at radius 1 is 1.40 bits per heavy atom. The monoisotopic (exact) mass is 276 g/mol. The quantitative estimate of drug-likeness (QED) is 0.650. The van der Waals surface area contributed by atoms with Crippen molar-refractivity contribution in [2.75, 3.05) is 18.8 Å². The van der Waals surface area contributed by atoms with Crippen LogP contribution in [0.25, 0.3) is 0 Å². The average Bonchev–Trinajstić information content (AvgIpc) is 2.97. The van der Waals surface area contributed by atoms with E-state index < -0.39 is 4.92 Å². The van der Waals surface area contributed by atoms with Crippen LogP contribution in [-0.2, 0) is 0 Å². The van der Waals surface area contributed by atoms with Crippen molar-refractivity contribution >= 4 is 17.4 Å². The Morgan fingerprint density at radius 2 is 2.05 bits per heavy atom. The van der Waals surface area contributed by atoms with Gasteiger partial charge in [0.25, 0.3) is 11.6 Å². The Morgan fingerprint density at radius 3 is 2.65 bits per heavy atom. The fourth-order valence-electron chi connectivity index (χ4n) is 3.35. The highest BCUT2D eigenvalue weighted by molar-refractivity contribution is 5.98. The molecule has 0 radical (unpaired) electrons. The minimum atomic E-state index is -0.587. The number of nitrogen functional groups attached to an aromatic ring is 1. The van der Waals surface area contributed by atoms with Gasteiger partial charge in [-0.1, -0.05) is 6.42 Å². The lowest BCUT2D eigenvalue weighted by molar-refractivity contribution is -0.385. The largest absolute Gasteiger partial charge is 0.384 e. The summed E-state index contributed by atoms with van der Waals surface area (Å²) in [5.41, 5.74) is 5.32. The van der Waals surface area contributed by atoms with Gasteiger partial charge in [-0.25, -0.2) is 4.98 Å². The summed E-state index contributed by atoms with van der Waals surface area (Å²) < 4.78 is 0. The minimum Gasteiger partial charge on any atom is -0.384 e. The molecule has 2 heterocycles. The molecular formula is C13H16N4O3. The van der Waals surface area contributed by atoms with Crippen LogP contribution in [0, 0.1) is 22.0 Å². The molecule has 7 nitrogen and oxygen atoms in total. The van der Waals surface area contributed by atoms with E-state index in [0.29, 0.717) is 24.9 Å². The van der Waals surface area contributed by atoms with Gasteiger partial charge in [0.05, 0.1) is 4.92 Å². The average molecular weight is 276 g/mol. The molecule has 20 heavy (non-hydrogen) atoms. The zero-order valence-corrected chi connectivity index (χ0v) is 11.0. The van der Waals surface area contributed by atoms with Crippen molar-refractivity contribution in [3.63, 3.8) is 0 Å². The molecule has 2 atom stereocenters. The van der Waals surface area contributed by atoms with Gasteiger partial charge >= 0.3 is 0 Å². The van der Waals surface area contributed by atoms with E-state index in [1.165, 1.54) is 12.5 Å². The van der Waals surface area contributed by atoms with Gasteiger partial charge in [-0.2, -0.15) is 0 Å². The van der Waals surface area contributed by atoms with Crippen LogP contribution in [0.5, 0.6) is 0 Å². The number of hydrogen-bond donors (Lipinski definition) is 1. The summed E-state index contributed by atoms with van der Waals surface area (Å²) in [7, 11) is 0. The minimum absolute atomic E-state index is 0.0440. The lowest BCUT2D eigenvalue weighted by Gasteiger charge is -2.17. The second-order valence-electron chi connectivity index (χ2n) is 5.54. The van der Waals surface area contributed by atoms with Gasteiger partial charge in [0, 0.05) is 13.1 Å². The first-order valence-electron chi connectivity index (χ1n) is 6.75. The van der Waals surface area contributed by atoms with Crippen LogP contribution >= 0.6 is 0 Å². The molecule has 0 aromatic carbocycles. The number of amides is 1. The van der Waals surface area contributed by atoms with E-state index in [0.717, 1.165) is 19.0 Å². The Labute approximate surface area is 115 Å². The third-order valence-electron chi connectivity index (χ3n) is 4.34. The Bertz CT molecular complexity index is 563. The Balaban J connectivity index is 1.87. The smallest absolute Gasteiger partial charge is 0.300 e. The van der Waals surface area contributed by atoms with Crippen LogP contribution in [0.15, 0.2) is 12.3 Å². The number of pyridine rings is 1. The van der Waals surface area contributed by atoms with Crippen molar-refractivity contribution in [3.8, 4) is 0 Å². The number of anilines is 1. The molecule has 7 heteroatoms. The number of nitrogens with zero attached hydrogens (tertiary/aromatic N) is 3. The molecule has 1 aliphatic heterocycles.